The second-order valence-corrected chi connectivity index (χ2v) is 11.4. The van der Waals surface area contributed by atoms with Gasteiger partial charge in [0, 0.05) is 37.9 Å². The minimum absolute atomic E-state index is 0.00583. The first-order chi connectivity index (χ1) is 20.1. The average molecular weight is 558 g/mol. The minimum atomic E-state index is -0.00583. The first-order valence-electron chi connectivity index (χ1n) is 15.4. The van der Waals surface area contributed by atoms with Gasteiger partial charge in [-0.2, -0.15) is 0 Å². The molecule has 2 aromatic carbocycles. The van der Waals surface area contributed by atoms with Crippen molar-refractivity contribution in [3.8, 4) is 5.75 Å². The normalized spacial score (nSPS) is 13.3. The van der Waals surface area contributed by atoms with Gasteiger partial charge in [-0.15, -0.1) is 0 Å². The van der Waals surface area contributed by atoms with Gasteiger partial charge in [0.25, 0.3) is 0 Å². The first-order valence-corrected chi connectivity index (χ1v) is 15.4. The highest BCUT2D eigenvalue weighted by Crippen LogP contribution is 2.28. The van der Waals surface area contributed by atoms with Crippen molar-refractivity contribution < 1.29 is 14.3 Å². The molecule has 0 N–H and O–H groups in total. The van der Waals surface area contributed by atoms with E-state index in [0.29, 0.717) is 38.5 Å². The first kappa shape index (κ1) is 30.4. The van der Waals surface area contributed by atoms with Crippen LogP contribution in [0.1, 0.15) is 81.5 Å². The molecule has 0 saturated heterocycles. The number of hydrogen-bond donors (Lipinski definition) is 0. The van der Waals surface area contributed by atoms with Crippen molar-refractivity contribution in [1.82, 2.24) is 14.4 Å². The predicted octanol–water partition coefficient (Wildman–Crippen LogP) is 7.06. The molecule has 0 radical (unpaired) electrons. The summed E-state index contributed by atoms with van der Waals surface area (Å²) in [5.41, 5.74) is 3.27. The Morgan fingerprint density at radius 1 is 0.878 bits per heavy atom. The molecule has 1 aliphatic rings. The summed E-state index contributed by atoms with van der Waals surface area (Å²) < 4.78 is 7.60. The van der Waals surface area contributed by atoms with E-state index in [0.717, 1.165) is 48.3 Å². The number of benzene rings is 2. The zero-order valence-electron chi connectivity index (χ0n) is 25.0. The fourth-order valence-electron chi connectivity index (χ4n) is 5.84. The molecular weight excluding hydrogens is 510 g/mol. The van der Waals surface area contributed by atoms with E-state index >= 15 is 0 Å². The number of ether oxygens (including phenoxy) is 1. The Hall–Kier alpha value is -3.54. The molecule has 0 unspecified atom stereocenters. The van der Waals surface area contributed by atoms with Gasteiger partial charge in [0.05, 0.1) is 20.2 Å². The fourth-order valence-corrected chi connectivity index (χ4v) is 5.84. The molecule has 1 heterocycles. The van der Waals surface area contributed by atoms with Crippen LogP contribution in [-0.2, 0) is 29.2 Å². The Balaban J connectivity index is 1.49. The third-order valence-corrected chi connectivity index (χ3v) is 8.28. The molecule has 1 aliphatic carbocycles. The lowest BCUT2D eigenvalue weighted by Gasteiger charge is -2.29. The Kier molecular flexibility index (Phi) is 11.9. The number of amides is 2. The maximum Gasteiger partial charge on any atom is 0.242 e. The number of methoxy groups -OCH3 is 1. The van der Waals surface area contributed by atoms with Gasteiger partial charge in [-0.1, -0.05) is 87.9 Å². The Labute approximate surface area is 246 Å². The summed E-state index contributed by atoms with van der Waals surface area (Å²) in [5, 5.41) is 0. The molecule has 0 bridgehead atoms. The molecular formula is C35H47N3O3. The lowest BCUT2D eigenvalue weighted by molar-refractivity contribution is -0.141. The van der Waals surface area contributed by atoms with Gasteiger partial charge in [-0.25, -0.2) is 0 Å². The van der Waals surface area contributed by atoms with E-state index in [4.69, 9.17) is 4.74 Å². The molecule has 1 aromatic heterocycles. The number of carbonyl (C=O) groups excluding carboxylic acids is 2. The highest BCUT2D eigenvalue weighted by molar-refractivity contribution is 5.84. The molecule has 220 valence electrons. The lowest BCUT2D eigenvalue weighted by Crippen LogP contribution is -2.43. The van der Waals surface area contributed by atoms with E-state index in [2.05, 4.69) is 42.0 Å². The van der Waals surface area contributed by atoms with Crippen LogP contribution in [-0.4, -0.2) is 46.4 Å². The molecule has 0 spiro atoms. The van der Waals surface area contributed by atoms with E-state index < -0.39 is 0 Å². The van der Waals surface area contributed by atoms with Crippen molar-refractivity contribution in [3.63, 3.8) is 0 Å². The number of aromatic nitrogens is 1. The van der Waals surface area contributed by atoms with Crippen molar-refractivity contribution in [2.45, 2.75) is 84.3 Å². The second kappa shape index (κ2) is 16.0. The van der Waals surface area contributed by atoms with E-state index in [-0.39, 0.29) is 18.4 Å². The van der Waals surface area contributed by atoms with Crippen LogP contribution < -0.4 is 4.74 Å². The maximum atomic E-state index is 13.9. The smallest absolute Gasteiger partial charge is 0.242 e. The topological polar surface area (TPSA) is 54.8 Å². The van der Waals surface area contributed by atoms with Gasteiger partial charge in [0.1, 0.15) is 5.75 Å². The highest BCUT2D eigenvalue weighted by Gasteiger charge is 2.24. The van der Waals surface area contributed by atoms with Crippen molar-refractivity contribution in [2.24, 2.45) is 5.92 Å². The van der Waals surface area contributed by atoms with Crippen LogP contribution >= 0.6 is 0 Å². The predicted molar refractivity (Wildman–Crippen MR) is 165 cm³/mol. The lowest BCUT2D eigenvalue weighted by atomic mass is 10.0. The Bertz CT molecular complexity index is 1220. The summed E-state index contributed by atoms with van der Waals surface area (Å²) >= 11 is 0. The third-order valence-electron chi connectivity index (χ3n) is 8.28. The van der Waals surface area contributed by atoms with Gasteiger partial charge < -0.3 is 19.1 Å². The van der Waals surface area contributed by atoms with Crippen molar-refractivity contribution in [2.75, 3.05) is 20.2 Å². The van der Waals surface area contributed by atoms with Crippen LogP contribution in [0.2, 0.25) is 0 Å². The van der Waals surface area contributed by atoms with E-state index in [1.807, 2.05) is 52.3 Å². The van der Waals surface area contributed by atoms with Crippen molar-refractivity contribution in [1.29, 1.82) is 0 Å². The van der Waals surface area contributed by atoms with Crippen LogP contribution in [0.5, 0.6) is 5.75 Å². The van der Waals surface area contributed by atoms with E-state index in [9.17, 15) is 9.59 Å². The minimum Gasteiger partial charge on any atom is -0.497 e. The maximum absolute atomic E-state index is 13.9. The SMILES string of the molecule is CCCCCN(CC(=O)N(Cc1ccccc1)Cc1cccn1Cc1cccc(OC)c1)C(=O)CCC1CCCC1. The number of carbonyl (C=O) groups is 2. The number of hydrogen-bond acceptors (Lipinski definition) is 3. The van der Waals surface area contributed by atoms with Crippen LogP contribution in [0, 0.1) is 5.92 Å². The molecule has 2 amide bonds. The van der Waals surface area contributed by atoms with Crippen molar-refractivity contribution in [3.05, 3.63) is 89.7 Å². The van der Waals surface area contributed by atoms with Crippen molar-refractivity contribution >= 4 is 11.8 Å². The van der Waals surface area contributed by atoms with Crippen LogP contribution in [0.3, 0.4) is 0 Å². The summed E-state index contributed by atoms with van der Waals surface area (Å²) in [4.78, 5) is 31.1. The average Bonchev–Trinajstić information content (AvgIpc) is 3.68. The zero-order valence-corrected chi connectivity index (χ0v) is 25.0. The molecule has 1 saturated carbocycles. The van der Waals surface area contributed by atoms with E-state index in [1.54, 1.807) is 7.11 Å². The third kappa shape index (κ3) is 9.51. The zero-order chi connectivity index (χ0) is 28.9. The molecule has 1 fully saturated rings. The summed E-state index contributed by atoms with van der Waals surface area (Å²) in [6.45, 7) is 4.62. The summed E-state index contributed by atoms with van der Waals surface area (Å²) in [6, 6.07) is 22.3. The molecule has 3 aromatic rings. The number of rotatable bonds is 16. The van der Waals surface area contributed by atoms with Gasteiger partial charge in [0.2, 0.25) is 11.8 Å². The van der Waals surface area contributed by atoms with Crippen LogP contribution in [0.4, 0.5) is 0 Å². The molecule has 6 nitrogen and oxygen atoms in total. The molecule has 6 heteroatoms. The molecule has 0 atom stereocenters. The quantitative estimate of drug-likeness (QED) is 0.177. The second-order valence-electron chi connectivity index (χ2n) is 11.4. The fraction of sp³-hybridized carbons (Fsp3) is 0.486. The van der Waals surface area contributed by atoms with Gasteiger partial charge >= 0.3 is 0 Å². The van der Waals surface area contributed by atoms with Gasteiger partial charge in [-0.05, 0) is 54.2 Å². The van der Waals surface area contributed by atoms with Crippen LogP contribution in [0.15, 0.2) is 72.9 Å². The Morgan fingerprint density at radius 2 is 1.66 bits per heavy atom. The largest absolute Gasteiger partial charge is 0.497 e. The molecule has 4 rings (SSSR count). The van der Waals surface area contributed by atoms with E-state index in [1.165, 1.54) is 25.7 Å². The molecule has 0 aliphatic heterocycles. The van der Waals surface area contributed by atoms with Crippen LogP contribution in [0.25, 0.3) is 0 Å². The van der Waals surface area contributed by atoms with Gasteiger partial charge in [0.15, 0.2) is 0 Å². The number of nitrogens with zero attached hydrogens (tertiary/aromatic N) is 3. The Morgan fingerprint density at radius 3 is 2.41 bits per heavy atom. The summed E-state index contributed by atoms with van der Waals surface area (Å²) in [6.07, 6.45) is 11.7. The monoisotopic (exact) mass is 557 g/mol. The number of unbranched alkanes of at least 4 members (excludes halogenated alkanes) is 2. The summed E-state index contributed by atoms with van der Waals surface area (Å²) in [5.74, 6) is 1.62. The highest BCUT2D eigenvalue weighted by atomic mass is 16.5. The standard InChI is InChI=1S/C35H47N3O3/c1-3-4-10-22-37(34(39)21-20-29-13-8-9-14-29)28-35(40)38(25-30-15-6-5-7-16-30)27-32-18-12-23-36(32)26-31-17-11-19-33(24-31)41-2/h5-7,11-12,15-19,23-24,29H,3-4,8-10,13-14,20-22,25-28H2,1-2H3. The van der Waals surface area contributed by atoms with Gasteiger partial charge in [-0.3, -0.25) is 9.59 Å². The molecule has 41 heavy (non-hydrogen) atoms. The summed E-state index contributed by atoms with van der Waals surface area (Å²) in [7, 11) is 1.68.